The molecule has 0 amide bonds. The summed E-state index contributed by atoms with van der Waals surface area (Å²) in [7, 11) is 3.14. The lowest BCUT2D eigenvalue weighted by Gasteiger charge is -2.24. The van der Waals surface area contributed by atoms with Crippen LogP contribution in [-0.4, -0.2) is 25.9 Å². The van der Waals surface area contributed by atoms with E-state index in [1.54, 1.807) is 26.4 Å². The van der Waals surface area contributed by atoms with Crippen LogP contribution in [0.1, 0.15) is 38.0 Å². The summed E-state index contributed by atoms with van der Waals surface area (Å²) in [4.78, 5) is 0. The van der Waals surface area contributed by atoms with Gasteiger partial charge in [0, 0.05) is 28.4 Å². The Morgan fingerprint density at radius 1 is 1.08 bits per heavy atom. The van der Waals surface area contributed by atoms with Crippen molar-refractivity contribution in [3.63, 3.8) is 0 Å². The first-order valence-corrected chi connectivity index (χ1v) is 8.57. The minimum Gasteiger partial charge on any atom is -0.493 e. The van der Waals surface area contributed by atoms with E-state index in [1.807, 2.05) is 24.3 Å². The largest absolute Gasteiger partial charge is 0.493 e. The fourth-order valence-electron chi connectivity index (χ4n) is 2.58. The van der Waals surface area contributed by atoms with Crippen LogP contribution in [0, 0.1) is 5.41 Å². The molecule has 0 aliphatic heterocycles. The predicted molar refractivity (Wildman–Crippen MR) is 103 cm³/mol. The van der Waals surface area contributed by atoms with E-state index in [-0.39, 0.29) is 5.41 Å². The molecule has 0 unspecified atom stereocenters. The Balaban J connectivity index is 2.44. The number of hydrogen-bond donors (Lipinski definition) is 2. The second kappa shape index (κ2) is 7.98. The normalized spacial score (nSPS) is 12.6. The van der Waals surface area contributed by atoms with E-state index in [1.165, 1.54) is 0 Å². The van der Waals surface area contributed by atoms with Gasteiger partial charge in [-0.15, -0.1) is 0 Å². The Morgan fingerprint density at radius 3 is 2.40 bits per heavy atom. The number of methoxy groups -OCH3 is 2. The van der Waals surface area contributed by atoms with E-state index in [0.717, 1.165) is 17.8 Å². The Hall–Kier alpha value is -1.91. The van der Waals surface area contributed by atoms with Crippen molar-refractivity contribution >= 4 is 17.3 Å². The van der Waals surface area contributed by atoms with Crippen molar-refractivity contribution in [3.8, 4) is 11.5 Å². The summed E-state index contributed by atoms with van der Waals surface area (Å²) < 4.78 is 10.8. The molecule has 0 fully saturated rings. The smallest absolute Gasteiger partial charge is 0.166 e. The molecule has 1 atom stereocenters. The molecular weight excluding hydrogens is 338 g/mol. The highest BCUT2D eigenvalue weighted by Gasteiger charge is 2.22. The molecular formula is C20H26ClNO3. The first-order chi connectivity index (χ1) is 11.8. The second-order valence-electron chi connectivity index (χ2n) is 7.13. The van der Waals surface area contributed by atoms with Crippen molar-refractivity contribution in [3.05, 3.63) is 52.5 Å². The standard InChI is InChI=1S/C20H26ClNO3/c1-20(2,3)12-22-16-11-13(21)9-10-14(16)18(23)15-7-6-8-17(24-4)19(15)25-5/h6-11,18,22-23H,12H2,1-5H3/t18-/m0/s1. The maximum absolute atomic E-state index is 11.0. The molecule has 0 aromatic heterocycles. The molecule has 4 nitrogen and oxygen atoms in total. The fraction of sp³-hybridized carbons (Fsp3) is 0.400. The van der Waals surface area contributed by atoms with Crippen LogP contribution in [0.25, 0.3) is 0 Å². The molecule has 2 N–H and O–H groups in total. The quantitative estimate of drug-likeness (QED) is 0.766. The van der Waals surface area contributed by atoms with Gasteiger partial charge in [-0.25, -0.2) is 0 Å². The van der Waals surface area contributed by atoms with Crippen molar-refractivity contribution in [2.45, 2.75) is 26.9 Å². The van der Waals surface area contributed by atoms with Crippen molar-refractivity contribution in [1.82, 2.24) is 0 Å². The van der Waals surface area contributed by atoms with Crippen LogP contribution in [-0.2, 0) is 0 Å². The van der Waals surface area contributed by atoms with Crippen LogP contribution in [0.15, 0.2) is 36.4 Å². The maximum atomic E-state index is 11.0. The first kappa shape index (κ1) is 19.4. The summed E-state index contributed by atoms with van der Waals surface area (Å²) >= 11 is 6.16. The van der Waals surface area contributed by atoms with Gasteiger partial charge in [0.1, 0.15) is 6.10 Å². The van der Waals surface area contributed by atoms with Crippen LogP contribution in [0.5, 0.6) is 11.5 Å². The molecule has 0 aliphatic carbocycles. The van der Waals surface area contributed by atoms with Crippen molar-refractivity contribution in [2.24, 2.45) is 5.41 Å². The molecule has 0 aliphatic rings. The molecule has 2 aromatic rings. The number of ether oxygens (including phenoxy) is 2. The number of para-hydroxylation sites is 1. The van der Waals surface area contributed by atoms with Gasteiger partial charge in [0.25, 0.3) is 0 Å². The molecule has 0 spiro atoms. The summed E-state index contributed by atoms with van der Waals surface area (Å²) in [5.74, 6) is 1.10. The van der Waals surface area contributed by atoms with Gasteiger partial charge in [0.05, 0.1) is 14.2 Å². The SMILES string of the molecule is COc1cccc([C@@H](O)c2ccc(Cl)cc2NCC(C)(C)C)c1OC. The number of anilines is 1. The van der Waals surface area contributed by atoms with Gasteiger partial charge in [-0.3, -0.25) is 0 Å². The van der Waals surface area contributed by atoms with Gasteiger partial charge in [0.15, 0.2) is 11.5 Å². The third-order valence-electron chi connectivity index (χ3n) is 3.85. The molecule has 0 saturated carbocycles. The van der Waals surface area contributed by atoms with Crippen LogP contribution in [0.2, 0.25) is 5.02 Å². The lowest BCUT2D eigenvalue weighted by atomic mass is 9.95. The molecule has 2 rings (SSSR count). The van der Waals surface area contributed by atoms with Gasteiger partial charge >= 0.3 is 0 Å². The predicted octanol–water partition coefficient (Wildman–Crippen LogP) is 4.90. The maximum Gasteiger partial charge on any atom is 0.166 e. The highest BCUT2D eigenvalue weighted by atomic mass is 35.5. The van der Waals surface area contributed by atoms with Crippen LogP contribution >= 0.6 is 11.6 Å². The molecule has 0 bridgehead atoms. The fourth-order valence-corrected chi connectivity index (χ4v) is 2.75. The Labute approximate surface area is 154 Å². The average Bonchev–Trinajstić information content (AvgIpc) is 2.58. The van der Waals surface area contributed by atoms with Crippen molar-refractivity contribution < 1.29 is 14.6 Å². The van der Waals surface area contributed by atoms with Crippen LogP contribution in [0.4, 0.5) is 5.69 Å². The third-order valence-corrected chi connectivity index (χ3v) is 4.08. The van der Waals surface area contributed by atoms with E-state index in [9.17, 15) is 5.11 Å². The zero-order chi connectivity index (χ0) is 18.6. The lowest BCUT2D eigenvalue weighted by Crippen LogP contribution is -2.20. The van der Waals surface area contributed by atoms with E-state index >= 15 is 0 Å². The van der Waals surface area contributed by atoms with E-state index < -0.39 is 6.10 Å². The molecule has 0 heterocycles. The third kappa shape index (κ3) is 4.80. The monoisotopic (exact) mass is 363 g/mol. The number of benzene rings is 2. The highest BCUT2D eigenvalue weighted by Crippen LogP contribution is 2.39. The summed E-state index contributed by atoms with van der Waals surface area (Å²) in [6.45, 7) is 7.19. The van der Waals surface area contributed by atoms with Crippen LogP contribution < -0.4 is 14.8 Å². The number of hydrogen-bond acceptors (Lipinski definition) is 4. The number of halogens is 1. The Morgan fingerprint density at radius 2 is 1.80 bits per heavy atom. The second-order valence-corrected chi connectivity index (χ2v) is 7.57. The number of nitrogens with one attached hydrogen (secondary N) is 1. The Kier molecular flexibility index (Phi) is 6.20. The minimum atomic E-state index is -0.871. The van der Waals surface area contributed by atoms with Crippen molar-refractivity contribution in [1.29, 1.82) is 0 Å². The topological polar surface area (TPSA) is 50.7 Å². The summed E-state index contributed by atoms with van der Waals surface area (Å²) in [6, 6.07) is 10.9. The lowest BCUT2D eigenvalue weighted by molar-refractivity contribution is 0.213. The Bertz CT molecular complexity index is 725. The summed E-state index contributed by atoms with van der Waals surface area (Å²) in [5, 5.41) is 15.0. The van der Waals surface area contributed by atoms with E-state index in [0.29, 0.717) is 22.1 Å². The zero-order valence-electron chi connectivity index (χ0n) is 15.4. The zero-order valence-corrected chi connectivity index (χ0v) is 16.1. The number of aliphatic hydroxyl groups is 1. The van der Waals surface area contributed by atoms with Gasteiger partial charge in [0.2, 0.25) is 0 Å². The molecule has 25 heavy (non-hydrogen) atoms. The van der Waals surface area contributed by atoms with Crippen molar-refractivity contribution in [2.75, 3.05) is 26.1 Å². The molecule has 5 heteroatoms. The average molecular weight is 364 g/mol. The van der Waals surface area contributed by atoms with Gasteiger partial charge < -0.3 is 19.9 Å². The van der Waals surface area contributed by atoms with Gasteiger partial charge in [-0.05, 0) is 23.6 Å². The summed E-state index contributed by atoms with van der Waals surface area (Å²) in [6.07, 6.45) is -0.871. The van der Waals surface area contributed by atoms with E-state index in [4.69, 9.17) is 21.1 Å². The molecule has 2 aromatic carbocycles. The first-order valence-electron chi connectivity index (χ1n) is 8.19. The minimum absolute atomic E-state index is 0.0954. The number of aliphatic hydroxyl groups excluding tert-OH is 1. The summed E-state index contributed by atoms with van der Waals surface area (Å²) in [5.41, 5.74) is 2.28. The van der Waals surface area contributed by atoms with Crippen LogP contribution in [0.3, 0.4) is 0 Å². The number of rotatable bonds is 6. The van der Waals surface area contributed by atoms with Gasteiger partial charge in [-0.1, -0.05) is 50.6 Å². The molecule has 0 saturated heterocycles. The molecule has 136 valence electrons. The van der Waals surface area contributed by atoms with Gasteiger partial charge in [-0.2, -0.15) is 0 Å². The molecule has 0 radical (unpaired) electrons. The van der Waals surface area contributed by atoms with E-state index in [2.05, 4.69) is 26.1 Å². The highest BCUT2D eigenvalue weighted by molar-refractivity contribution is 6.30.